The standard InChI is InChI=1S/C25H16ClN3O5/c1-14-6-7-15(25-28-19-4-2-3-5-22(19)34-25)12-20(14)27-24(30)23-11-10-21(33-23)17-9-8-16(29(31)32)13-18(17)26/h2-13H,1H3,(H,27,30). The van der Waals surface area contributed by atoms with Crippen molar-refractivity contribution in [2.24, 2.45) is 0 Å². The van der Waals surface area contributed by atoms with Gasteiger partial charge in [0.2, 0.25) is 5.89 Å². The third-order valence-corrected chi connectivity index (χ3v) is 5.60. The highest BCUT2D eigenvalue weighted by atomic mass is 35.5. The number of nitrogens with one attached hydrogen (secondary N) is 1. The smallest absolute Gasteiger partial charge is 0.291 e. The Morgan fingerprint density at radius 2 is 1.85 bits per heavy atom. The summed E-state index contributed by atoms with van der Waals surface area (Å²) in [5, 5.41) is 13.9. The molecule has 0 aliphatic heterocycles. The van der Waals surface area contributed by atoms with Gasteiger partial charge in [0, 0.05) is 28.9 Å². The number of nitrogens with zero attached hydrogens (tertiary/aromatic N) is 2. The number of carbonyl (C=O) groups excluding carboxylic acids is 1. The number of nitro groups is 1. The van der Waals surface area contributed by atoms with Crippen molar-refractivity contribution in [1.29, 1.82) is 0 Å². The van der Waals surface area contributed by atoms with Crippen LogP contribution in [0.5, 0.6) is 0 Å². The first-order valence-electron chi connectivity index (χ1n) is 10.2. The number of benzene rings is 3. The van der Waals surface area contributed by atoms with E-state index in [4.69, 9.17) is 20.4 Å². The Morgan fingerprint density at radius 3 is 2.62 bits per heavy atom. The van der Waals surface area contributed by atoms with Gasteiger partial charge in [0.25, 0.3) is 11.6 Å². The van der Waals surface area contributed by atoms with Crippen LogP contribution < -0.4 is 5.32 Å². The zero-order valence-corrected chi connectivity index (χ0v) is 18.5. The number of hydrogen-bond donors (Lipinski definition) is 1. The summed E-state index contributed by atoms with van der Waals surface area (Å²) in [6.07, 6.45) is 0. The number of fused-ring (bicyclic) bond motifs is 1. The fourth-order valence-electron chi connectivity index (χ4n) is 3.49. The average Bonchev–Trinajstić information content (AvgIpc) is 3.48. The minimum absolute atomic E-state index is 0.0658. The van der Waals surface area contributed by atoms with E-state index in [0.29, 0.717) is 28.5 Å². The number of halogens is 1. The molecule has 34 heavy (non-hydrogen) atoms. The molecule has 1 N–H and O–H groups in total. The molecule has 9 heteroatoms. The van der Waals surface area contributed by atoms with Gasteiger partial charge in [-0.1, -0.05) is 29.8 Å². The molecule has 0 aliphatic rings. The number of oxazole rings is 1. The van der Waals surface area contributed by atoms with Crippen LogP contribution in [0.1, 0.15) is 16.1 Å². The number of non-ortho nitro benzene ring substituents is 1. The molecule has 0 spiro atoms. The van der Waals surface area contributed by atoms with Gasteiger partial charge < -0.3 is 14.2 Å². The van der Waals surface area contributed by atoms with Crippen LogP contribution >= 0.6 is 11.6 Å². The molecule has 5 aromatic rings. The van der Waals surface area contributed by atoms with Gasteiger partial charge in [0.15, 0.2) is 11.3 Å². The molecule has 0 bridgehead atoms. The number of para-hydroxylation sites is 2. The number of rotatable bonds is 5. The monoisotopic (exact) mass is 473 g/mol. The zero-order valence-electron chi connectivity index (χ0n) is 17.7. The molecule has 5 rings (SSSR count). The number of amides is 1. The van der Waals surface area contributed by atoms with Crippen LogP contribution in [-0.4, -0.2) is 15.8 Å². The Labute approximate surface area is 197 Å². The third-order valence-electron chi connectivity index (χ3n) is 5.29. The Hall–Kier alpha value is -4.43. The highest BCUT2D eigenvalue weighted by Crippen LogP contribution is 2.33. The van der Waals surface area contributed by atoms with Crippen molar-refractivity contribution < 1.29 is 18.6 Å². The predicted molar refractivity (Wildman–Crippen MR) is 128 cm³/mol. The second-order valence-corrected chi connectivity index (χ2v) is 7.96. The van der Waals surface area contributed by atoms with Gasteiger partial charge >= 0.3 is 0 Å². The van der Waals surface area contributed by atoms with Gasteiger partial charge in [0.1, 0.15) is 11.3 Å². The Balaban J connectivity index is 1.39. The molecular formula is C25H16ClN3O5. The molecule has 0 fully saturated rings. The maximum atomic E-state index is 12.9. The van der Waals surface area contributed by atoms with Gasteiger partial charge in [-0.3, -0.25) is 14.9 Å². The first-order valence-corrected chi connectivity index (χ1v) is 10.6. The molecule has 0 atom stereocenters. The second kappa shape index (κ2) is 8.49. The quantitative estimate of drug-likeness (QED) is 0.220. The van der Waals surface area contributed by atoms with E-state index in [-0.39, 0.29) is 16.5 Å². The van der Waals surface area contributed by atoms with Crippen molar-refractivity contribution in [1.82, 2.24) is 4.98 Å². The van der Waals surface area contributed by atoms with Crippen LogP contribution in [0.3, 0.4) is 0 Å². The number of aryl methyl sites for hydroxylation is 1. The van der Waals surface area contributed by atoms with Crippen molar-refractivity contribution >= 4 is 40.0 Å². The summed E-state index contributed by atoms with van der Waals surface area (Å²) < 4.78 is 11.5. The number of aromatic nitrogens is 1. The van der Waals surface area contributed by atoms with Gasteiger partial charge in [-0.2, -0.15) is 0 Å². The van der Waals surface area contributed by atoms with Crippen LogP contribution in [-0.2, 0) is 0 Å². The average molecular weight is 474 g/mol. The number of anilines is 1. The van der Waals surface area contributed by atoms with E-state index >= 15 is 0 Å². The molecule has 0 aliphatic carbocycles. The molecular weight excluding hydrogens is 458 g/mol. The molecule has 168 valence electrons. The van der Waals surface area contributed by atoms with E-state index in [1.807, 2.05) is 43.3 Å². The third kappa shape index (κ3) is 4.02. The fraction of sp³-hybridized carbons (Fsp3) is 0.0400. The molecule has 0 saturated heterocycles. The van der Waals surface area contributed by atoms with E-state index < -0.39 is 10.8 Å². The van der Waals surface area contributed by atoms with Gasteiger partial charge in [0.05, 0.1) is 9.95 Å². The summed E-state index contributed by atoms with van der Waals surface area (Å²) in [5.41, 5.74) is 3.88. The highest BCUT2D eigenvalue weighted by molar-refractivity contribution is 6.33. The van der Waals surface area contributed by atoms with Crippen molar-refractivity contribution in [3.63, 3.8) is 0 Å². The lowest BCUT2D eigenvalue weighted by atomic mass is 10.1. The van der Waals surface area contributed by atoms with Gasteiger partial charge in [-0.05, 0) is 55.0 Å². The van der Waals surface area contributed by atoms with Crippen molar-refractivity contribution in [2.75, 3.05) is 5.32 Å². The molecule has 8 nitrogen and oxygen atoms in total. The number of furan rings is 1. The normalized spacial score (nSPS) is 11.0. The molecule has 1 amide bonds. The Bertz CT molecular complexity index is 1540. The Morgan fingerprint density at radius 1 is 1.03 bits per heavy atom. The summed E-state index contributed by atoms with van der Waals surface area (Å²) in [5.74, 6) is 0.380. The van der Waals surface area contributed by atoms with Gasteiger partial charge in [-0.25, -0.2) is 4.98 Å². The van der Waals surface area contributed by atoms with E-state index in [1.54, 1.807) is 12.1 Å². The topological polar surface area (TPSA) is 111 Å². The Kier molecular flexibility index (Phi) is 5.35. The molecule has 2 aromatic heterocycles. The van der Waals surface area contributed by atoms with E-state index in [2.05, 4.69) is 10.3 Å². The maximum absolute atomic E-state index is 12.9. The van der Waals surface area contributed by atoms with E-state index in [9.17, 15) is 14.9 Å². The van der Waals surface area contributed by atoms with Crippen LogP contribution in [0.2, 0.25) is 5.02 Å². The summed E-state index contributed by atoms with van der Waals surface area (Å²) >= 11 is 6.17. The first kappa shape index (κ1) is 21.4. The summed E-state index contributed by atoms with van der Waals surface area (Å²) in [6.45, 7) is 1.87. The van der Waals surface area contributed by atoms with Crippen LogP contribution in [0, 0.1) is 17.0 Å². The van der Waals surface area contributed by atoms with Crippen LogP contribution in [0.25, 0.3) is 33.9 Å². The van der Waals surface area contributed by atoms with Crippen molar-refractivity contribution in [3.8, 4) is 22.8 Å². The van der Waals surface area contributed by atoms with Gasteiger partial charge in [-0.15, -0.1) is 0 Å². The zero-order chi connectivity index (χ0) is 23.8. The SMILES string of the molecule is Cc1ccc(-c2nc3ccccc3o2)cc1NC(=O)c1ccc(-c2ccc([N+](=O)[O-])cc2Cl)o1. The minimum Gasteiger partial charge on any atom is -0.451 e. The summed E-state index contributed by atoms with van der Waals surface area (Å²) in [7, 11) is 0. The lowest BCUT2D eigenvalue weighted by Gasteiger charge is -2.08. The minimum atomic E-state index is -0.534. The van der Waals surface area contributed by atoms with Crippen molar-refractivity contribution in [3.05, 3.63) is 99.3 Å². The maximum Gasteiger partial charge on any atom is 0.291 e. The first-order chi connectivity index (χ1) is 16.4. The van der Waals surface area contributed by atoms with Crippen molar-refractivity contribution in [2.45, 2.75) is 6.92 Å². The second-order valence-electron chi connectivity index (χ2n) is 7.56. The highest BCUT2D eigenvalue weighted by Gasteiger charge is 2.18. The lowest BCUT2D eigenvalue weighted by molar-refractivity contribution is -0.384. The van der Waals surface area contributed by atoms with Crippen LogP contribution in [0.4, 0.5) is 11.4 Å². The predicted octanol–water partition coefficient (Wildman–Crippen LogP) is 6.88. The summed E-state index contributed by atoms with van der Waals surface area (Å²) in [4.78, 5) is 27.7. The summed E-state index contributed by atoms with van der Waals surface area (Å²) in [6, 6.07) is 20.1. The lowest BCUT2D eigenvalue weighted by Crippen LogP contribution is -2.11. The largest absolute Gasteiger partial charge is 0.451 e. The molecule has 0 unspecified atom stereocenters. The van der Waals surface area contributed by atoms with E-state index in [1.165, 1.54) is 24.3 Å². The van der Waals surface area contributed by atoms with E-state index in [0.717, 1.165) is 16.6 Å². The molecule has 0 saturated carbocycles. The molecule has 2 heterocycles. The molecule has 3 aromatic carbocycles. The number of carbonyl (C=O) groups is 1. The number of nitro benzene ring substituents is 1. The van der Waals surface area contributed by atoms with Crippen LogP contribution in [0.15, 0.2) is 81.6 Å². The fourth-order valence-corrected chi connectivity index (χ4v) is 3.76. The number of hydrogen-bond acceptors (Lipinski definition) is 6. The molecule has 0 radical (unpaired) electrons.